The van der Waals surface area contributed by atoms with Gasteiger partial charge in [-0.3, -0.25) is 4.79 Å². The first-order valence-corrected chi connectivity index (χ1v) is 5.48. The van der Waals surface area contributed by atoms with Crippen LogP contribution in [0.4, 0.5) is 0 Å². The van der Waals surface area contributed by atoms with E-state index in [9.17, 15) is 4.79 Å². The zero-order valence-electron chi connectivity index (χ0n) is 8.91. The van der Waals surface area contributed by atoms with Gasteiger partial charge in [0.2, 0.25) is 0 Å². The number of aliphatic hydroxyl groups is 1. The minimum Gasteiger partial charge on any atom is -0.396 e. The quantitative estimate of drug-likeness (QED) is 0.666. The van der Waals surface area contributed by atoms with Crippen LogP contribution in [-0.2, 0) is 6.42 Å². The van der Waals surface area contributed by atoms with Gasteiger partial charge in [-0.25, -0.2) is 4.98 Å². The Morgan fingerprint density at radius 3 is 2.67 bits per heavy atom. The summed E-state index contributed by atoms with van der Waals surface area (Å²) in [6.45, 7) is 0.285. The normalized spacial score (nSPS) is 10.5. The number of unbranched alkanes of at least 4 members (excludes halogenated alkanes) is 4. The molecule has 1 aromatic heterocycles. The monoisotopic (exact) mass is 210 g/mol. The summed E-state index contributed by atoms with van der Waals surface area (Å²) in [7, 11) is 0. The molecule has 0 spiro atoms. The largest absolute Gasteiger partial charge is 0.396 e. The Morgan fingerprint density at radius 1 is 1.20 bits per heavy atom. The number of aromatic amines is 1. The van der Waals surface area contributed by atoms with Crippen LogP contribution in [0.3, 0.4) is 0 Å². The highest BCUT2D eigenvalue weighted by Crippen LogP contribution is 2.04. The molecule has 0 fully saturated rings. The fraction of sp³-hybridized carbons (Fsp3) is 0.636. The number of nitrogens with zero attached hydrogens (tertiary/aromatic N) is 1. The van der Waals surface area contributed by atoms with Crippen LogP contribution in [0.2, 0.25) is 0 Å². The highest BCUT2D eigenvalue weighted by atomic mass is 16.2. The Balaban J connectivity index is 2.12. The lowest BCUT2D eigenvalue weighted by atomic mass is 10.1. The van der Waals surface area contributed by atoms with Crippen molar-refractivity contribution in [3.63, 3.8) is 0 Å². The van der Waals surface area contributed by atoms with Gasteiger partial charge in [-0.15, -0.1) is 0 Å². The van der Waals surface area contributed by atoms with E-state index in [4.69, 9.17) is 5.11 Å². The van der Waals surface area contributed by atoms with Crippen LogP contribution in [0.1, 0.15) is 37.9 Å². The van der Waals surface area contributed by atoms with Crippen LogP contribution in [0.5, 0.6) is 0 Å². The first-order chi connectivity index (χ1) is 7.33. The Bertz CT molecular complexity index is 322. The average molecular weight is 210 g/mol. The maximum absolute atomic E-state index is 10.9. The number of hydrogen-bond acceptors (Lipinski definition) is 3. The molecule has 0 bridgehead atoms. The maximum atomic E-state index is 10.9. The highest BCUT2D eigenvalue weighted by Gasteiger charge is 1.95. The molecule has 0 radical (unpaired) electrons. The van der Waals surface area contributed by atoms with Gasteiger partial charge in [0.05, 0.1) is 0 Å². The highest BCUT2D eigenvalue weighted by molar-refractivity contribution is 4.89. The van der Waals surface area contributed by atoms with Crippen molar-refractivity contribution in [2.24, 2.45) is 0 Å². The maximum Gasteiger partial charge on any atom is 0.250 e. The summed E-state index contributed by atoms with van der Waals surface area (Å²) in [5.74, 6) is 0.768. The van der Waals surface area contributed by atoms with E-state index in [1.165, 1.54) is 6.07 Å². The third kappa shape index (κ3) is 5.32. The molecule has 0 atom stereocenters. The Kier molecular flexibility index (Phi) is 5.70. The van der Waals surface area contributed by atoms with Crippen molar-refractivity contribution in [2.75, 3.05) is 6.61 Å². The number of aromatic nitrogens is 2. The molecule has 0 aromatic carbocycles. The molecule has 0 aliphatic heterocycles. The summed E-state index contributed by atoms with van der Waals surface area (Å²) in [4.78, 5) is 17.7. The molecular weight excluding hydrogens is 192 g/mol. The van der Waals surface area contributed by atoms with Crippen molar-refractivity contribution in [1.82, 2.24) is 9.97 Å². The number of H-pyrrole nitrogens is 1. The van der Waals surface area contributed by atoms with Crippen LogP contribution < -0.4 is 5.56 Å². The van der Waals surface area contributed by atoms with Gasteiger partial charge in [0, 0.05) is 25.3 Å². The molecular formula is C11H18N2O2. The third-order valence-electron chi connectivity index (χ3n) is 2.30. The van der Waals surface area contributed by atoms with E-state index >= 15 is 0 Å². The summed E-state index contributed by atoms with van der Waals surface area (Å²) in [6.07, 6.45) is 7.64. The summed E-state index contributed by atoms with van der Waals surface area (Å²) >= 11 is 0. The number of hydrogen-bond donors (Lipinski definition) is 2. The molecule has 1 rings (SSSR count). The molecule has 1 heterocycles. The van der Waals surface area contributed by atoms with E-state index in [0.29, 0.717) is 0 Å². The van der Waals surface area contributed by atoms with E-state index in [2.05, 4.69) is 9.97 Å². The Labute approximate surface area is 89.4 Å². The van der Waals surface area contributed by atoms with Crippen molar-refractivity contribution in [3.8, 4) is 0 Å². The zero-order valence-corrected chi connectivity index (χ0v) is 8.91. The van der Waals surface area contributed by atoms with E-state index in [1.807, 2.05) is 0 Å². The molecule has 0 aliphatic rings. The smallest absolute Gasteiger partial charge is 0.250 e. The molecule has 84 valence electrons. The average Bonchev–Trinajstić information content (AvgIpc) is 2.23. The van der Waals surface area contributed by atoms with E-state index in [0.717, 1.165) is 44.3 Å². The molecule has 0 saturated heterocycles. The number of nitrogens with one attached hydrogen (secondary N) is 1. The van der Waals surface area contributed by atoms with Gasteiger partial charge >= 0.3 is 0 Å². The lowest BCUT2D eigenvalue weighted by Gasteiger charge is -2.00. The van der Waals surface area contributed by atoms with Crippen molar-refractivity contribution in [3.05, 3.63) is 28.4 Å². The third-order valence-corrected chi connectivity index (χ3v) is 2.30. The van der Waals surface area contributed by atoms with Gasteiger partial charge in [-0.2, -0.15) is 0 Å². The van der Waals surface area contributed by atoms with Crippen molar-refractivity contribution in [1.29, 1.82) is 0 Å². The van der Waals surface area contributed by atoms with Crippen LogP contribution in [-0.4, -0.2) is 21.7 Å². The van der Waals surface area contributed by atoms with Crippen LogP contribution in [0.25, 0.3) is 0 Å². The van der Waals surface area contributed by atoms with Crippen LogP contribution >= 0.6 is 0 Å². The van der Waals surface area contributed by atoms with Crippen molar-refractivity contribution >= 4 is 0 Å². The predicted molar refractivity (Wildman–Crippen MR) is 58.7 cm³/mol. The molecule has 1 aromatic rings. The Morgan fingerprint density at radius 2 is 1.93 bits per heavy atom. The summed E-state index contributed by atoms with van der Waals surface area (Å²) in [5, 5.41) is 8.58. The fourth-order valence-corrected chi connectivity index (χ4v) is 1.47. The molecule has 2 N–H and O–H groups in total. The second-order valence-electron chi connectivity index (χ2n) is 3.62. The molecule has 0 aliphatic carbocycles. The molecule has 0 unspecified atom stereocenters. The number of rotatable bonds is 7. The van der Waals surface area contributed by atoms with Gasteiger partial charge < -0.3 is 10.1 Å². The second-order valence-corrected chi connectivity index (χ2v) is 3.62. The molecule has 0 amide bonds. The standard InChI is InChI=1S/C11H18N2O2/c14-9-5-3-1-2-4-6-10-12-8-7-11(15)13-10/h7-8,14H,1-6,9H2,(H,12,13,15). The first-order valence-electron chi connectivity index (χ1n) is 5.48. The lowest BCUT2D eigenvalue weighted by Crippen LogP contribution is -2.08. The van der Waals surface area contributed by atoms with Crippen LogP contribution in [0.15, 0.2) is 17.1 Å². The lowest BCUT2D eigenvalue weighted by molar-refractivity contribution is 0.282. The fourth-order valence-electron chi connectivity index (χ4n) is 1.47. The second kappa shape index (κ2) is 7.17. The van der Waals surface area contributed by atoms with Gasteiger partial charge in [0.1, 0.15) is 5.82 Å². The van der Waals surface area contributed by atoms with Gasteiger partial charge in [0.15, 0.2) is 0 Å². The molecule has 4 nitrogen and oxygen atoms in total. The first kappa shape index (κ1) is 11.9. The molecule has 4 heteroatoms. The van der Waals surface area contributed by atoms with E-state index in [1.54, 1.807) is 6.20 Å². The summed E-state index contributed by atoms with van der Waals surface area (Å²) in [5.41, 5.74) is -0.0831. The Hall–Kier alpha value is -1.16. The zero-order chi connectivity index (χ0) is 10.9. The number of aryl methyl sites for hydroxylation is 1. The van der Waals surface area contributed by atoms with Gasteiger partial charge in [-0.05, 0) is 12.8 Å². The van der Waals surface area contributed by atoms with Gasteiger partial charge in [0.25, 0.3) is 5.56 Å². The molecule has 15 heavy (non-hydrogen) atoms. The number of aliphatic hydroxyl groups excluding tert-OH is 1. The van der Waals surface area contributed by atoms with Gasteiger partial charge in [-0.1, -0.05) is 19.3 Å². The molecule has 0 saturated carbocycles. The van der Waals surface area contributed by atoms with E-state index < -0.39 is 0 Å². The summed E-state index contributed by atoms with van der Waals surface area (Å²) < 4.78 is 0. The SMILES string of the molecule is O=c1ccnc(CCCCCCCO)[nH]1. The summed E-state index contributed by atoms with van der Waals surface area (Å²) in [6, 6.07) is 1.42. The predicted octanol–water partition coefficient (Wildman–Crippen LogP) is 1.26. The van der Waals surface area contributed by atoms with Crippen molar-refractivity contribution in [2.45, 2.75) is 38.5 Å². The minimum absolute atomic E-state index is 0.0831. The topological polar surface area (TPSA) is 66.0 Å². The van der Waals surface area contributed by atoms with E-state index in [-0.39, 0.29) is 12.2 Å². The van der Waals surface area contributed by atoms with Crippen LogP contribution in [0, 0.1) is 0 Å². The minimum atomic E-state index is -0.0831. The van der Waals surface area contributed by atoms with Crippen molar-refractivity contribution < 1.29 is 5.11 Å².